The molecule has 1 fully saturated rings. The average molecular weight is 381 g/mol. The first kappa shape index (κ1) is 23.1. The lowest BCUT2D eigenvalue weighted by Gasteiger charge is -2.36. The van der Waals surface area contributed by atoms with Gasteiger partial charge in [0.2, 0.25) is 0 Å². The fourth-order valence-corrected chi connectivity index (χ4v) is 3.11. The number of benzene rings is 1. The van der Waals surface area contributed by atoms with Crippen molar-refractivity contribution in [3.63, 3.8) is 0 Å². The highest BCUT2D eigenvalue weighted by atomic mass is 35.5. The molecule has 1 aliphatic rings. The summed E-state index contributed by atoms with van der Waals surface area (Å²) in [5, 5.41) is 13.9. The molecular weight excluding hydrogens is 351 g/mol. The van der Waals surface area contributed by atoms with Crippen LogP contribution in [0, 0.1) is 0 Å². The highest BCUT2D eigenvalue weighted by molar-refractivity contribution is 5.85. The van der Waals surface area contributed by atoms with Crippen LogP contribution in [0.3, 0.4) is 0 Å². The van der Waals surface area contributed by atoms with Gasteiger partial charge in [0.1, 0.15) is 17.2 Å². The van der Waals surface area contributed by atoms with Crippen molar-refractivity contribution >= 4 is 24.8 Å². The van der Waals surface area contributed by atoms with E-state index in [1.807, 2.05) is 6.07 Å². The number of ether oxygens (including phenoxy) is 2. The van der Waals surface area contributed by atoms with E-state index in [-0.39, 0.29) is 36.6 Å². The van der Waals surface area contributed by atoms with Crippen molar-refractivity contribution in [2.24, 2.45) is 0 Å². The van der Waals surface area contributed by atoms with Crippen molar-refractivity contribution in [2.75, 3.05) is 40.4 Å². The molecule has 2 N–H and O–H groups in total. The molecule has 1 saturated heterocycles. The molecule has 0 saturated carbocycles. The van der Waals surface area contributed by atoms with Gasteiger partial charge in [0.25, 0.3) is 0 Å². The first-order valence-corrected chi connectivity index (χ1v) is 8.10. The Morgan fingerprint density at radius 1 is 1.17 bits per heavy atom. The van der Waals surface area contributed by atoms with Crippen molar-refractivity contribution in [2.45, 2.75) is 32.2 Å². The molecular formula is C17H30Cl2N2O3. The van der Waals surface area contributed by atoms with Gasteiger partial charge in [-0.25, -0.2) is 0 Å². The molecule has 0 unspecified atom stereocenters. The largest absolute Gasteiger partial charge is 0.507 e. The van der Waals surface area contributed by atoms with Crippen molar-refractivity contribution < 1.29 is 14.6 Å². The molecule has 2 rings (SSSR count). The summed E-state index contributed by atoms with van der Waals surface area (Å²) in [5.41, 5.74) is 0.888. The summed E-state index contributed by atoms with van der Waals surface area (Å²) in [4.78, 5) is 2.44. The minimum Gasteiger partial charge on any atom is -0.507 e. The molecule has 24 heavy (non-hydrogen) atoms. The van der Waals surface area contributed by atoms with Crippen molar-refractivity contribution in [3.8, 4) is 17.2 Å². The molecule has 0 radical (unpaired) electrons. The quantitative estimate of drug-likeness (QED) is 0.758. The van der Waals surface area contributed by atoms with Crippen LogP contribution in [-0.2, 0) is 0 Å². The van der Waals surface area contributed by atoms with Crippen LogP contribution >= 0.6 is 24.8 Å². The monoisotopic (exact) mass is 380 g/mol. The third-order valence-corrected chi connectivity index (χ3v) is 4.31. The summed E-state index contributed by atoms with van der Waals surface area (Å²) < 4.78 is 10.8. The minimum atomic E-state index is 0. The van der Waals surface area contributed by atoms with Gasteiger partial charge in [-0.05, 0) is 6.42 Å². The van der Waals surface area contributed by atoms with Gasteiger partial charge in [0.05, 0.1) is 19.8 Å². The molecule has 0 bridgehead atoms. The van der Waals surface area contributed by atoms with Crippen LogP contribution in [0.25, 0.3) is 0 Å². The number of hydrogen-bond acceptors (Lipinski definition) is 5. The van der Waals surface area contributed by atoms with E-state index in [9.17, 15) is 5.11 Å². The number of phenolic OH excluding ortho intramolecular Hbond substituents is 1. The van der Waals surface area contributed by atoms with Crippen molar-refractivity contribution in [3.05, 3.63) is 17.7 Å². The van der Waals surface area contributed by atoms with Gasteiger partial charge >= 0.3 is 0 Å². The third-order valence-electron chi connectivity index (χ3n) is 4.31. The van der Waals surface area contributed by atoms with Gasteiger partial charge in [0, 0.05) is 44.4 Å². The number of unbranched alkanes of at least 4 members (excludes halogenated alkanes) is 1. The van der Waals surface area contributed by atoms with E-state index in [2.05, 4.69) is 17.1 Å². The maximum atomic E-state index is 10.5. The van der Waals surface area contributed by atoms with Crippen LogP contribution in [0.2, 0.25) is 0 Å². The number of phenols is 1. The van der Waals surface area contributed by atoms with E-state index >= 15 is 0 Å². The van der Waals surface area contributed by atoms with Crippen molar-refractivity contribution in [1.82, 2.24) is 10.2 Å². The number of hydrogen-bond donors (Lipinski definition) is 2. The molecule has 140 valence electrons. The Kier molecular flexibility index (Phi) is 11.2. The first-order chi connectivity index (χ1) is 10.7. The Morgan fingerprint density at radius 3 is 2.38 bits per heavy atom. The van der Waals surface area contributed by atoms with E-state index in [1.165, 1.54) is 0 Å². The van der Waals surface area contributed by atoms with Gasteiger partial charge in [-0.1, -0.05) is 19.8 Å². The zero-order chi connectivity index (χ0) is 15.9. The number of rotatable bonds is 7. The lowest BCUT2D eigenvalue weighted by Crippen LogP contribution is -2.45. The topological polar surface area (TPSA) is 54.0 Å². The number of nitrogens with zero attached hydrogens (tertiary/aromatic N) is 1. The highest BCUT2D eigenvalue weighted by Gasteiger charge is 2.27. The van der Waals surface area contributed by atoms with Crippen LogP contribution in [0.1, 0.15) is 37.8 Å². The number of aromatic hydroxyl groups is 1. The predicted octanol–water partition coefficient (Wildman–Crippen LogP) is 3.39. The number of methoxy groups -OCH3 is 2. The maximum Gasteiger partial charge on any atom is 0.131 e. The first-order valence-electron chi connectivity index (χ1n) is 8.10. The van der Waals surface area contributed by atoms with E-state index in [0.29, 0.717) is 11.5 Å². The zero-order valence-corrected chi connectivity index (χ0v) is 16.3. The Morgan fingerprint density at radius 2 is 1.83 bits per heavy atom. The maximum absolute atomic E-state index is 10.5. The van der Waals surface area contributed by atoms with Crippen molar-refractivity contribution in [1.29, 1.82) is 0 Å². The lowest BCUT2D eigenvalue weighted by molar-refractivity contribution is 0.157. The van der Waals surface area contributed by atoms with Crippen LogP contribution in [-0.4, -0.2) is 50.4 Å². The molecule has 0 aromatic heterocycles. The van der Waals surface area contributed by atoms with Crippen LogP contribution in [0.15, 0.2) is 12.1 Å². The van der Waals surface area contributed by atoms with Crippen LogP contribution < -0.4 is 14.8 Å². The molecule has 1 aromatic carbocycles. The van der Waals surface area contributed by atoms with E-state index in [1.54, 1.807) is 20.3 Å². The van der Waals surface area contributed by atoms with Crippen LogP contribution in [0.4, 0.5) is 0 Å². The number of halogens is 2. The van der Waals surface area contributed by atoms with Gasteiger partial charge < -0.3 is 19.9 Å². The molecule has 0 aliphatic carbocycles. The summed E-state index contributed by atoms with van der Waals surface area (Å²) in [6.07, 6.45) is 3.29. The van der Waals surface area contributed by atoms with E-state index < -0.39 is 0 Å². The second-order valence-electron chi connectivity index (χ2n) is 5.71. The van der Waals surface area contributed by atoms with E-state index in [4.69, 9.17) is 9.47 Å². The third kappa shape index (κ3) is 5.59. The smallest absolute Gasteiger partial charge is 0.131 e. The SMILES string of the molecule is CCCC[C@H](c1c(O)cc(OC)cc1OC)N1CCNCC1.Cl.Cl. The summed E-state index contributed by atoms with van der Waals surface area (Å²) in [6, 6.07) is 3.72. The van der Waals surface area contributed by atoms with Gasteiger partial charge in [0.15, 0.2) is 0 Å². The fraction of sp³-hybridized carbons (Fsp3) is 0.647. The molecule has 7 heteroatoms. The predicted molar refractivity (Wildman–Crippen MR) is 102 cm³/mol. The molecule has 1 aromatic rings. The minimum absolute atomic E-state index is 0. The van der Waals surface area contributed by atoms with E-state index in [0.717, 1.165) is 51.0 Å². The normalized spacial score (nSPS) is 15.8. The fourth-order valence-electron chi connectivity index (χ4n) is 3.11. The second kappa shape index (κ2) is 11.6. The van der Waals surface area contributed by atoms with Gasteiger partial charge in [-0.15, -0.1) is 24.8 Å². The Hall–Kier alpha value is -0.880. The number of nitrogens with one attached hydrogen (secondary N) is 1. The Labute approximate surface area is 157 Å². The number of piperazine rings is 1. The highest BCUT2D eigenvalue weighted by Crippen LogP contribution is 2.42. The standard InChI is InChI=1S/C17H28N2O3.2ClH/c1-4-5-6-14(19-9-7-18-8-10-19)17-15(20)11-13(21-2)12-16(17)22-3;;/h11-12,14,18,20H,4-10H2,1-3H3;2*1H/t14-;;/m1../s1. The zero-order valence-electron chi connectivity index (χ0n) is 14.7. The molecule has 1 atom stereocenters. The summed E-state index contributed by atoms with van der Waals surface area (Å²) >= 11 is 0. The average Bonchev–Trinajstić information content (AvgIpc) is 2.56. The summed E-state index contributed by atoms with van der Waals surface area (Å²) in [7, 11) is 3.24. The molecule has 0 amide bonds. The molecule has 1 heterocycles. The molecule has 0 spiro atoms. The van der Waals surface area contributed by atoms with Gasteiger partial charge in [-0.3, -0.25) is 4.90 Å². The van der Waals surface area contributed by atoms with Gasteiger partial charge in [-0.2, -0.15) is 0 Å². The molecule has 5 nitrogen and oxygen atoms in total. The Balaban J connectivity index is 0.00000264. The second-order valence-corrected chi connectivity index (χ2v) is 5.71. The summed E-state index contributed by atoms with van der Waals surface area (Å²) in [6.45, 7) is 6.15. The summed E-state index contributed by atoms with van der Waals surface area (Å²) in [5.74, 6) is 1.58. The van der Waals surface area contributed by atoms with Crippen LogP contribution in [0.5, 0.6) is 17.2 Å². The lowest BCUT2D eigenvalue weighted by atomic mass is 9.96. The molecule has 1 aliphatic heterocycles. The Bertz CT molecular complexity index is 483.